The zero-order chi connectivity index (χ0) is 11.4. The highest BCUT2D eigenvalue weighted by Gasteiger charge is 2.15. The maximum Gasteiger partial charge on any atom is 0.339 e. The molecule has 0 aliphatic carbocycles. The zero-order valence-electron chi connectivity index (χ0n) is 8.33. The van der Waals surface area contributed by atoms with Gasteiger partial charge >= 0.3 is 10.1 Å². The Morgan fingerprint density at radius 1 is 0.938 bits per heavy atom. The van der Waals surface area contributed by atoms with Crippen molar-refractivity contribution in [3.63, 3.8) is 0 Å². The van der Waals surface area contributed by atoms with E-state index in [1.165, 1.54) is 24.3 Å². The van der Waals surface area contributed by atoms with Crippen LogP contribution >= 0.6 is 0 Å². The van der Waals surface area contributed by atoms with Gasteiger partial charge in [0.2, 0.25) is 0 Å². The molecule has 0 aliphatic rings. The molecule has 0 saturated heterocycles. The molecule has 0 aromatic heterocycles. The molecule has 0 unspecified atom stereocenters. The van der Waals surface area contributed by atoms with Crippen LogP contribution in [0.15, 0.2) is 59.5 Å². The Morgan fingerprint density at radius 2 is 1.56 bits per heavy atom. The first-order chi connectivity index (χ1) is 7.68. The van der Waals surface area contributed by atoms with E-state index in [2.05, 4.69) is 6.07 Å². The summed E-state index contributed by atoms with van der Waals surface area (Å²) in [5.74, 6) is 0.301. The van der Waals surface area contributed by atoms with E-state index < -0.39 is 10.1 Å². The van der Waals surface area contributed by atoms with Gasteiger partial charge in [0.1, 0.15) is 10.6 Å². The molecule has 0 amide bonds. The molecule has 0 heterocycles. The van der Waals surface area contributed by atoms with Crippen LogP contribution in [-0.4, -0.2) is 8.42 Å². The third-order valence-corrected chi connectivity index (χ3v) is 3.19. The van der Waals surface area contributed by atoms with Crippen LogP contribution in [0.5, 0.6) is 5.75 Å². The van der Waals surface area contributed by atoms with Crippen LogP contribution < -0.4 is 4.18 Å². The van der Waals surface area contributed by atoms with E-state index in [0.29, 0.717) is 5.75 Å². The zero-order valence-corrected chi connectivity index (χ0v) is 9.15. The highest BCUT2D eigenvalue weighted by molar-refractivity contribution is 7.87. The van der Waals surface area contributed by atoms with Crippen molar-refractivity contribution in [2.45, 2.75) is 4.90 Å². The molecule has 16 heavy (non-hydrogen) atoms. The summed E-state index contributed by atoms with van der Waals surface area (Å²) in [5, 5.41) is 0. The molecule has 2 aromatic carbocycles. The predicted octanol–water partition coefficient (Wildman–Crippen LogP) is 2.25. The molecule has 4 heteroatoms. The Bertz CT molecular complexity index is 547. The lowest BCUT2D eigenvalue weighted by Crippen LogP contribution is -2.09. The first kappa shape index (κ1) is 10.7. The first-order valence-corrected chi connectivity index (χ1v) is 6.05. The van der Waals surface area contributed by atoms with Gasteiger partial charge in [0.25, 0.3) is 0 Å². The normalized spacial score (nSPS) is 11.0. The van der Waals surface area contributed by atoms with Gasteiger partial charge in [0.05, 0.1) is 0 Å². The van der Waals surface area contributed by atoms with Crippen LogP contribution in [0.2, 0.25) is 0 Å². The smallest absolute Gasteiger partial charge is 0.339 e. The molecule has 0 spiro atoms. The van der Waals surface area contributed by atoms with Crippen molar-refractivity contribution in [1.29, 1.82) is 0 Å². The minimum absolute atomic E-state index is 0.120. The SMILES string of the molecule is O=S(=O)(Oc1ccccc1)c1cc[c]cc1. The summed E-state index contributed by atoms with van der Waals surface area (Å²) in [7, 11) is -3.73. The molecular formula is C12H9O3S. The third kappa shape index (κ3) is 2.41. The van der Waals surface area contributed by atoms with E-state index in [-0.39, 0.29) is 4.90 Å². The fourth-order valence-electron chi connectivity index (χ4n) is 1.19. The van der Waals surface area contributed by atoms with Crippen LogP contribution in [0, 0.1) is 6.07 Å². The highest BCUT2D eigenvalue weighted by atomic mass is 32.2. The molecule has 0 aliphatic heterocycles. The predicted molar refractivity (Wildman–Crippen MR) is 59.5 cm³/mol. The van der Waals surface area contributed by atoms with Gasteiger partial charge in [-0.05, 0) is 30.3 Å². The van der Waals surface area contributed by atoms with Gasteiger partial charge < -0.3 is 4.18 Å². The van der Waals surface area contributed by atoms with Crippen molar-refractivity contribution < 1.29 is 12.6 Å². The lowest BCUT2D eigenvalue weighted by Gasteiger charge is -2.05. The second kappa shape index (κ2) is 4.37. The number of hydrogen-bond donors (Lipinski definition) is 0. The van der Waals surface area contributed by atoms with E-state index in [0.717, 1.165) is 0 Å². The second-order valence-corrected chi connectivity index (χ2v) is 4.63. The first-order valence-electron chi connectivity index (χ1n) is 4.64. The molecule has 3 nitrogen and oxygen atoms in total. The molecule has 0 atom stereocenters. The average molecular weight is 233 g/mol. The fraction of sp³-hybridized carbons (Fsp3) is 0. The molecule has 2 rings (SSSR count). The maximum absolute atomic E-state index is 11.8. The summed E-state index contributed by atoms with van der Waals surface area (Å²) in [6.07, 6.45) is 0. The van der Waals surface area contributed by atoms with Crippen LogP contribution in [0.1, 0.15) is 0 Å². The largest absolute Gasteiger partial charge is 0.379 e. The van der Waals surface area contributed by atoms with Gasteiger partial charge in [-0.15, -0.1) is 0 Å². The van der Waals surface area contributed by atoms with Crippen LogP contribution in [-0.2, 0) is 10.1 Å². The molecule has 0 saturated carbocycles. The topological polar surface area (TPSA) is 43.4 Å². The minimum Gasteiger partial charge on any atom is -0.379 e. The van der Waals surface area contributed by atoms with E-state index >= 15 is 0 Å². The molecule has 0 N–H and O–H groups in total. The molecular weight excluding hydrogens is 224 g/mol. The Morgan fingerprint density at radius 3 is 2.19 bits per heavy atom. The Hall–Kier alpha value is -1.81. The van der Waals surface area contributed by atoms with Crippen molar-refractivity contribution in [2.75, 3.05) is 0 Å². The summed E-state index contributed by atoms with van der Waals surface area (Å²) >= 11 is 0. The van der Waals surface area contributed by atoms with Gasteiger partial charge in [-0.3, -0.25) is 0 Å². The second-order valence-electron chi connectivity index (χ2n) is 3.09. The molecule has 1 radical (unpaired) electrons. The standard InChI is InChI=1S/C12H9O3S/c13-16(14,12-9-5-2-6-10-12)15-11-7-3-1-4-8-11/h1,3-10H. The average Bonchev–Trinajstić information content (AvgIpc) is 2.31. The number of para-hydroxylation sites is 1. The van der Waals surface area contributed by atoms with E-state index in [1.54, 1.807) is 30.3 Å². The van der Waals surface area contributed by atoms with Gasteiger partial charge in [-0.1, -0.05) is 30.3 Å². The van der Waals surface area contributed by atoms with Crippen LogP contribution in [0.3, 0.4) is 0 Å². The van der Waals surface area contributed by atoms with Gasteiger partial charge in [-0.25, -0.2) is 0 Å². The van der Waals surface area contributed by atoms with Crippen molar-refractivity contribution in [3.05, 3.63) is 60.7 Å². The van der Waals surface area contributed by atoms with Crippen LogP contribution in [0.25, 0.3) is 0 Å². The highest BCUT2D eigenvalue weighted by Crippen LogP contribution is 2.17. The number of benzene rings is 2. The van der Waals surface area contributed by atoms with E-state index in [4.69, 9.17) is 4.18 Å². The van der Waals surface area contributed by atoms with Gasteiger partial charge in [0, 0.05) is 0 Å². The van der Waals surface area contributed by atoms with Crippen LogP contribution in [0.4, 0.5) is 0 Å². The summed E-state index contributed by atoms with van der Waals surface area (Å²) in [6, 6.07) is 17.1. The summed E-state index contributed by atoms with van der Waals surface area (Å²) in [6.45, 7) is 0. The van der Waals surface area contributed by atoms with Crippen molar-refractivity contribution in [3.8, 4) is 5.75 Å². The fourth-order valence-corrected chi connectivity index (χ4v) is 2.12. The Labute approximate surface area is 94.4 Å². The van der Waals surface area contributed by atoms with E-state index in [9.17, 15) is 8.42 Å². The van der Waals surface area contributed by atoms with Crippen molar-refractivity contribution in [1.82, 2.24) is 0 Å². The van der Waals surface area contributed by atoms with Crippen molar-refractivity contribution in [2.24, 2.45) is 0 Å². The van der Waals surface area contributed by atoms with Crippen molar-refractivity contribution >= 4 is 10.1 Å². The Kier molecular flexibility index (Phi) is 2.92. The number of rotatable bonds is 3. The summed E-state index contributed by atoms with van der Waals surface area (Å²) in [4.78, 5) is 0.120. The number of hydrogen-bond acceptors (Lipinski definition) is 3. The lowest BCUT2D eigenvalue weighted by molar-refractivity contribution is 0.486. The van der Waals surface area contributed by atoms with Gasteiger partial charge in [-0.2, -0.15) is 8.42 Å². The monoisotopic (exact) mass is 233 g/mol. The lowest BCUT2D eigenvalue weighted by atomic mass is 10.3. The van der Waals surface area contributed by atoms with E-state index in [1.807, 2.05) is 0 Å². The molecule has 0 bridgehead atoms. The summed E-state index contributed by atoms with van der Waals surface area (Å²) < 4.78 is 28.5. The molecule has 0 fully saturated rings. The van der Waals surface area contributed by atoms with Gasteiger partial charge in [0.15, 0.2) is 0 Å². The summed E-state index contributed by atoms with van der Waals surface area (Å²) in [5.41, 5.74) is 0. The maximum atomic E-state index is 11.8. The third-order valence-electron chi connectivity index (χ3n) is 1.93. The molecule has 81 valence electrons. The quantitative estimate of drug-likeness (QED) is 0.764. The molecule has 2 aromatic rings. The Balaban J connectivity index is 2.29. The minimum atomic E-state index is -3.73.